The lowest BCUT2D eigenvalue weighted by Crippen LogP contribution is -2.29. The molecule has 0 saturated heterocycles. The topological polar surface area (TPSA) is 49.7 Å². The van der Waals surface area contributed by atoms with Gasteiger partial charge in [-0.25, -0.2) is 8.42 Å². The largest absolute Gasteiger partial charge is 0.266 e. The van der Waals surface area contributed by atoms with Gasteiger partial charge in [-0.3, -0.25) is 9.30 Å². The van der Waals surface area contributed by atoms with Crippen molar-refractivity contribution in [3.63, 3.8) is 0 Å². The van der Waals surface area contributed by atoms with E-state index in [0.29, 0.717) is 6.54 Å². The number of sulfonamides is 1. The molecule has 0 radical (unpaired) electrons. The first kappa shape index (κ1) is 16.5. The number of rotatable bonds is 4. The van der Waals surface area contributed by atoms with E-state index in [1.54, 1.807) is 30.5 Å². The lowest BCUT2D eigenvalue weighted by Gasteiger charge is -2.19. The highest BCUT2D eigenvalue weighted by atomic mass is 32.2. The molecule has 1 aliphatic heterocycles. The summed E-state index contributed by atoms with van der Waals surface area (Å²) in [5, 5.41) is 0. The first-order valence-electron chi connectivity index (χ1n) is 8.44. The molecule has 4 rings (SSSR count). The number of para-hydroxylation sites is 1. The van der Waals surface area contributed by atoms with Crippen LogP contribution in [0.3, 0.4) is 0 Å². The molecule has 0 unspecified atom stereocenters. The Labute approximate surface area is 153 Å². The predicted molar refractivity (Wildman–Crippen MR) is 105 cm³/mol. The molecule has 4 nitrogen and oxygen atoms in total. The maximum Gasteiger partial charge on any atom is 0.264 e. The highest BCUT2D eigenvalue weighted by molar-refractivity contribution is 7.92. The Hall–Kier alpha value is -2.92. The number of benzene rings is 3. The number of fused-ring (bicyclic) bond motifs is 1. The van der Waals surface area contributed by atoms with Gasteiger partial charge in [0.15, 0.2) is 0 Å². The molecule has 0 amide bonds. The van der Waals surface area contributed by atoms with Gasteiger partial charge in [-0.05, 0) is 47.9 Å². The van der Waals surface area contributed by atoms with Crippen molar-refractivity contribution in [1.29, 1.82) is 0 Å². The van der Waals surface area contributed by atoms with Gasteiger partial charge < -0.3 is 0 Å². The van der Waals surface area contributed by atoms with Gasteiger partial charge in [0, 0.05) is 12.8 Å². The zero-order valence-electron chi connectivity index (χ0n) is 14.1. The Morgan fingerprint density at radius 1 is 0.846 bits per heavy atom. The monoisotopic (exact) mass is 362 g/mol. The van der Waals surface area contributed by atoms with Crippen LogP contribution in [0.1, 0.15) is 11.1 Å². The summed E-state index contributed by atoms with van der Waals surface area (Å²) >= 11 is 0. The van der Waals surface area contributed by atoms with Crippen molar-refractivity contribution < 1.29 is 8.42 Å². The molecule has 1 heterocycles. The van der Waals surface area contributed by atoms with Crippen molar-refractivity contribution in [3.8, 4) is 0 Å². The molecule has 130 valence electrons. The van der Waals surface area contributed by atoms with E-state index in [1.807, 2.05) is 54.6 Å². The summed E-state index contributed by atoms with van der Waals surface area (Å²) in [6, 6.07) is 24.1. The first-order chi connectivity index (χ1) is 12.6. The SMILES string of the molecule is O=S(=O)(c1ccc(N=Cc2ccccc2)cc1)N1CCc2ccccc21. The van der Waals surface area contributed by atoms with E-state index in [9.17, 15) is 8.42 Å². The molecular formula is C21H18N2O2S. The second-order valence-electron chi connectivity index (χ2n) is 6.12. The van der Waals surface area contributed by atoms with Gasteiger partial charge in [-0.15, -0.1) is 0 Å². The molecule has 0 atom stereocenters. The first-order valence-corrected chi connectivity index (χ1v) is 9.88. The summed E-state index contributed by atoms with van der Waals surface area (Å²) in [5.41, 5.74) is 3.56. The Kier molecular flexibility index (Phi) is 4.31. The van der Waals surface area contributed by atoms with Crippen molar-refractivity contribution in [2.45, 2.75) is 11.3 Å². The standard InChI is InChI=1S/C21H18N2O2S/c24-26(25,23-15-14-18-8-4-5-9-21(18)23)20-12-10-19(11-13-20)22-16-17-6-2-1-3-7-17/h1-13,16H,14-15H2. The zero-order chi connectivity index (χ0) is 18.0. The fraction of sp³-hybridized carbons (Fsp3) is 0.0952. The van der Waals surface area contributed by atoms with Gasteiger partial charge in [0.25, 0.3) is 10.0 Å². The third kappa shape index (κ3) is 3.13. The minimum absolute atomic E-state index is 0.285. The molecule has 0 aliphatic carbocycles. The van der Waals surface area contributed by atoms with E-state index in [-0.39, 0.29) is 4.90 Å². The van der Waals surface area contributed by atoms with E-state index < -0.39 is 10.0 Å². The maximum atomic E-state index is 13.0. The Balaban J connectivity index is 1.58. The number of hydrogen-bond donors (Lipinski definition) is 0. The van der Waals surface area contributed by atoms with Crippen LogP contribution in [0, 0.1) is 0 Å². The third-order valence-corrected chi connectivity index (χ3v) is 6.26. The molecule has 5 heteroatoms. The molecule has 0 aromatic heterocycles. The van der Waals surface area contributed by atoms with Gasteiger partial charge in [-0.1, -0.05) is 48.5 Å². The van der Waals surface area contributed by atoms with Crippen LogP contribution in [0.2, 0.25) is 0 Å². The average molecular weight is 362 g/mol. The Morgan fingerprint density at radius 2 is 1.54 bits per heavy atom. The van der Waals surface area contributed by atoms with E-state index in [0.717, 1.165) is 28.9 Å². The minimum atomic E-state index is -3.55. The molecule has 3 aromatic carbocycles. The molecule has 0 N–H and O–H groups in total. The van der Waals surface area contributed by atoms with Crippen LogP contribution in [-0.4, -0.2) is 21.2 Å². The van der Waals surface area contributed by atoms with Gasteiger partial charge in [0.05, 0.1) is 16.3 Å². The number of nitrogens with zero attached hydrogens (tertiary/aromatic N) is 2. The quantitative estimate of drug-likeness (QED) is 0.654. The van der Waals surface area contributed by atoms with Crippen molar-refractivity contribution in [2.24, 2.45) is 4.99 Å². The molecule has 0 bridgehead atoms. The van der Waals surface area contributed by atoms with Gasteiger partial charge >= 0.3 is 0 Å². The van der Waals surface area contributed by atoms with E-state index >= 15 is 0 Å². The fourth-order valence-corrected chi connectivity index (χ4v) is 4.58. The van der Waals surface area contributed by atoms with Crippen molar-refractivity contribution in [1.82, 2.24) is 0 Å². The summed E-state index contributed by atoms with van der Waals surface area (Å²) < 4.78 is 27.4. The summed E-state index contributed by atoms with van der Waals surface area (Å²) in [4.78, 5) is 4.68. The number of aliphatic imine (C=N–C) groups is 1. The summed E-state index contributed by atoms with van der Waals surface area (Å²) in [6.45, 7) is 0.482. The van der Waals surface area contributed by atoms with Gasteiger partial charge in [0.1, 0.15) is 0 Å². The smallest absolute Gasteiger partial charge is 0.264 e. The molecule has 0 saturated carbocycles. The second kappa shape index (κ2) is 6.77. The maximum absolute atomic E-state index is 13.0. The van der Waals surface area contributed by atoms with Crippen molar-refractivity contribution in [3.05, 3.63) is 90.0 Å². The molecule has 0 spiro atoms. The number of hydrogen-bond acceptors (Lipinski definition) is 3. The van der Waals surface area contributed by atoms with E-state index in [4.69, 9.17) is 0 Å². The van der Waals surface area contributed by atoms with Crippen LogP contribution in [-0.2, 0) is 16.4 Å². The molecular weight excluding hydrogens is 344 g/mol. The lowest BCUT2D eigenvalue weighted by molar-refractivity contribution is 0.592. The second-order valence-corrected chi connectivity index (χ2v) is 7.98. The summed E-state index contributed by atoms with van der Waals surface area (Å²) in [5.74, 6) is 0. The number of anilines is 1. The molecule has 1 aliphatic rings. The molecule has 26 heavy (non-hydrogen) atoms. The van der Waals surface area contributed by atoms with Crippen molar-refractivity contribution >= 4 is 27.6 Å². The highest BCUT2D eigenvalue weighted by Crippen LogP contribution is 2.32. The van der Waals surface area contributed by atoms with E-state index in [2.05, 4.69) is 4.99 Å². The predicted octanol–water partition coefficient (Wildman–Crippen LogP) is 4.19. The Bertz CT molecular complexity index is 1040. The fourth-order valence-electron chi connectivity index (χ4n) is 3.08. The van der Waals surface area contributed by atoms with Crippen LogP contribution in [0.25, 0.3) is 0 Å². The normalized spacial score (nSPS) is 13.9. The van der Waals surface area contributed by atoms with Crippen LogP contribution in [0.15, 0.2) is 88.8 Å². The summed E-state index contributed by atoms with van der Waals surface area (Å²) in [7, 11) is -3.55. The van der Waals surface area contributed by atoms with Crippen LogP contribution < -0.4 is 4.31 Å². The average Bonchev–Trinajstić information content (AvgIpc) is 3.12. The highest BCUT2D eigenvalue weighted by Gasteiger charge is 2.30. The zero-order valence-corrected chi connectivity index (χ0v) is 14.9. The van der Waals surface area contributed by atoms with Crippen LogP contribution in [0.5, 0.6) is 0 Å². The minimum Gasteiger partial charge on any atom is -0.266 e. The van der Waals surface area contributed by atoms with Gasteiger partial charge in [-0.2, -0.15) is 0 Å². The third-order valence-electron chi connectivity index (χ3n) is 4.43. The molecule has 0 fully saturated rings. The van der Waals surface area contributed by atoms with Crippen LogP contribution in [0.4, 0.5) is 11.4 Å². The van der Waals surface area contributed by atoms with Crippen molar-refractivity contribution in [2.75, 3.05) is 10.8 Å². The van der Waals surface area contributed by atoms with Crippen LogP contribution >= 0.6 is 0 Å². The lowest BCUT2D eigenvalue weighted by atomic mass is 10.2. The summed E-state index contributed by atoms with van der Waals surface area (Å²) in [6.07, 6.45) is 2.51. The van der Waals surface area contributed by atoms with Gasteiger partial charge in [0.2, 0.25) is 0 Å². The Morgan fingerprint density at radius 3 is 2.31 bits per heavy atom. The van der Waals surface area contributed by atoms with E-state index in [1.165, 1.54) is 4.31 Å². The molecule has 3 aromatic rings.